The Morgan fingerprint density at radius 2 is 2.25 bits per heavy atom. The number of rotatable bonds is 6. The average molecular weight is 390 g/mol. The third kappa shape index (κ3) is 4.79. The van der Waals surface area contributed by atoms with E-state index in [1.54, 1.807) is 6.20 Å². The van der Waals surface area contributed by atoms with E-state index < -0.39 is 0 Å². The molecular weight excluding hydrogens is 366 g/mol. The number of piperidine rings is 1. The molecule has 1 aliphatic heterocycles. The highest BCUT2D eigenvalue weighted by molar-refractivity contribution is 9.10. The van der Waals surface area contributed by atoms with Crippen LogP contribution in [0.4, 0.5) is 0 Å². The van der Waals surface area contributed by atoms with E-state index in [0.717, 1.165) is 35.6 Å². The van der Waals surface area contributed by atoms with E-state index in [9.17, 15) is 0 Å². The van der Waals surface area contributed by atoms with Gasteiger partial charge in [0.1, 0.15) is 12.4 Å². The molecule has 2 aromatic rings. The molecule has 1 aromatic carbocycles. The molecule has 0 bridgehead atoms. The van der Waals surface area contributed by atoms with E-state index in [1.807, 2.05) is 30.3 Å². The van der Waals surface area contributed by atoms with E-state index in [4.69, 9.17) is 4.74 Å². The molecule has 2 heterocycles. The quantitative estimate of drug-likeness (QED) is 0.818. The van der Waals surface area contributed by atoms with Crippen LogP contribution in [-0.2, 0) is 13.2 Å². The fourth-order valence-corrected chi connectivity index (χ4v) is 3.53. The summed E-state index contributed by atoms with van der Waals surface area (Å²) in [5.74, 6) is 0.940. The van der Waals surface area contributed by atoms with Gasteiger partial charge in [0.05, 0.1) is 5.69 Å². The lowest BCUT2D eigenvalue weighted by atomic mass is 10.0. The summed E-state index contributed by atoms with van der Waals surface area (Å²) < 4.78 is 7.14. The van der Waals surface area contributed by atoms with Crippen molar-refractivity contribution in [2.24, 2.45) is 0 Å². The second-order valence-corrected chi connectivity index (χ2v) is 7.14. The van der Waals surface area contributed by atoms with E-state index in [1.165, 1.54) is 18.4 Å². The summed E-state index contributed by atoms with van der Waals surface area (Å²) in [4.78, 5) is 6.82. The summed E-state index contributed by atoms with van der Waals surface area (Å²) >= 11 is 3.58. The third-order valence-corrected chi connectivity index (χ3v) is 4.93. The first kappa shape index (κ1) is 17.4. The van der Waals surface area contributed by atoms with Crippen molar-refractivity contribution >= 4 is 15.9 Å². The van der Waals surface area contributed by atoms with Crippen molar-refractivity contribution in [1.29, 1.82) is 0 Å². The number of nitrogens with one attached hydrogen (secondary N) is 1. The second-order valence-electron chi connectivity index (χ2n) is 6.22. The second kappa shape index (κ2) is 8.60. The Hall–Kier alpha value is -1.43. The molecule has 1 N–H and O–H groups in total. The lowest BCUT2D eigenvalue weighted by Crippen LogP contribution is -2.43. The van der Waals surface area contributed by atoms with Crippen molar-refractivity contribution in [1.82, 2.24) is 15.2 Å². The minimum absolute atomic E-state index is 0.495. The van der Waals surface area contributed by atoms with Gasteiger partial charge < -0.3 is 10.1 Å². The SMILES string of the molecule is CNC1CCCN(Cc2cc(Br)ccc2OCc2ccccn2)C1. The van der Waals surface area contributed by atoms with Crippen LogP contribution in [-0.4, -0.2) is 36.1 Å². The van der Waals surface area contributed by atoms with Crippen LogP contribution < -0.4 is 10.1 Å². The van der Waals surface area contributed by atoms with Gasteiger partial charge in [-0.1, -0.05) is 22.0 Å². The number of ether oxygens (including phenoxy) is 1. The highest BCUT2D eigenvalue weighted by Gasteiger charge is 2.19. The summed E-state index contributed by atoms with van der Waals surface area (Å²) in [6, 6.07) is 12.7. The molecule has 1 atom stereocenters. The van der Waals surface area contributed by atoms with Crippen LogP contribution in [0.5, 0.6) is 5.75 Å². The number of pyridine rings is 1. The van der Waals surface area contributed by atoms with Crippen LogP contribution in [0.1, 0.15) is 24.1 Å². The van der Waals surface area contributed by atoms with E-state index in [2.05, 4.69) is 44.2 Å². The number of nitrogens with zero attached hydrogens (tertiary/aromatic N) is 2. The molecule has 0 radical (unpaired) electrons. The van der Waals surface area contributed by atoms with Crippen LogP contribution in [0.25, 0.3) is 0 Å². The minimum Gasteiger partial charge on any atom is -0.487 e. The lowest BCUT2D eigenvalue weighted by Gasteiger charge is -2.32. The van der Waals surface area contributed by atoms with Gasteiger partial charge >= 0.3 is 0 Å². The predicted octanol–water partition coefficient (Wildman–Crippen LogP) is 3.61. The third-order valence-electron chi connectivity index (χ3n) is 4.43. The maximum atomic E-state index is 6.05. The van der Waals surface area contributed by atoms with Crippen LogP contribution >= 0.6 is 15.9 Å². The molecule has 1 unspecified atom stereocenters. The number of benzene rings is 1. The number of hydrogen-bond acceptors (Lipinski definition) is 4. The molecule has 1 aliphatic rings. The van der Waals surface area contributed by atoms with E-state index in [0.29, 0.717) is 12.6 Å². The largest absolute Gasteiger partial charge is 0.487 e. The van der Waals surface area contributed by atoms with Crippen molar-refractivity contribution in [2.75, 3.05) is 20.1 Å². The average Bonchev–Trinajstić information content (AvgIpc) is 2.62. The topological polar surface area (TPSA) is 37.4 Å². The monoisotopic (exact) mass is 389 g/mol. The molecule has 0 spiro atoms. The number of likely N-dealkylation sites (tertiary alicyclic amines) is 1. The number of aromatic nitrogens is 1. The van der Waals surface area contributed by atoms with Gasteiger partial charge in [-0.2, -0.15) is 0 Å². The fourth-order valence-electron chi connectivity index (χ4n) is 3.12. The Morgan fingerprint density at radius 1 is 1.33 bits per heavy atom. The zero-order valence-electron chi connectivity index (χ0n) is 14.0. The number of halogens is 1. The Balaban J connectivity index is 1.68. The Labute approximate surface area is 152 Å². The Kier molecular flexibility index (Phi) is 6.24. The number of likely N-dealkylation sites (N-methyl/N-ethyl adjacent to an activating group) is 1. The van der Waals surface area contributed by atoms with Gasteiger partial charge in [-0.05, 0) is 56.8 Å². The van der Waals surface area contributed by atoms with Crippen molar-refractivity contribution < 1.29 is 4.74 Å². The molecule has 0 saturated carbocycles. The van der Waals surface area contributed by atoms with Crippen molar-refractivity contribution in [2.45, 2.75) is 32.0 Å². The Morgan fingerprint density at radius 3 is 3.04 bits per heavy atom. The van der Waals surface area contributed by atoms with Crippen LogP contribution in [0, 0.1) is 0 Å². The Bertz CT molecular complexity index is 650. The summed E-state index contributed by atoms with van der Waals surface area (Å²) in [5.41, 5.74) is 2.16. The first-order chi connectivity index (χ1) is 11.7. The van der Waals surface area contributed by atoms with Gasteiger partial charge in [0, 0.05) is 35.4 Å². The zero-order chi connectivity index (χ0) is 16.8. The number of hydrogen-bond donors (Lipinski definition) is 1. The minimum atomic E-state index is 0.495. The molecular formula is C19H24BrN3O. The van der Waals surface area contributed by atoms with Crippen molar-refractivity contribution in [3.05, 3.63) is 58.3 Å². The highest BCUT2D eigenvalue weighted by atomic mass is 79.9. The van der Waals surface area contributed by atoms with Crippen LogP contribution in [0.15, 0.2) is 47.1 Å². The molecule has 4 nitrogen and oxygen atoms in total. The molecule has 1 fully saturated rings. The molecule has 0 aliphatic carbocycles. The highest BCUT2D eigenvalue weighted by Crippen LogP contribution is 2.26. The normalized spacial score (nSPS) is 18.5. The summed E-state index contributed by atoms with van der Waals surface area (Å²) in [6.07, 6.45) is 4.30. The molecule has 5 heteroatoms. The lowest BCUT2D eigenvalue weighted by molar-refractivity contribution is 0.184. The van der Waals surface area contributed by atoms with Crippen molar-refractivity contribution in [3.8, 4) is 5.75 Å². The molecule has 1 saturated heterocycles. The van der Waals surface area contributed by atoms with Crippen LogP contribution in [0.3, 0.4) is 0 Å². The standard InChI is InChI=1S/C19H24BrN3O/c1-21-17-6-4-10-23(13-17)12-15-11-16(20)7-8-19(15)24-14-18-5-2-3-9-22-18/h2-3,5,7-9,11,17,21H,4,6,10,12-14H2,1H3. The van der Waals surface area contributed by atoms with Crippen molar-refractivity contribution in [3.63, 3.8) is 0 Å². The maximum Gasteiger partial charge on any atom is 0.130 e. The first-order valence-electron chi connectivity index (χ1n) is 8.45. The van der Waals surface area contributed by atoms with Gasteiger partial charge in [-0.25, -0.2) is 0 Å². The van der Waals surface area contributed by atoms with Gasteiger partial charge in [-0.15, -0.1) is 0 Å². The molecule has 3 rings (SSSR count). The van der Waals surface area contributed by atoms with Gasteiger partial charge in [0.2, 0.25) is 0 Å². The smallest absolute Gasteiger partial charge is 0.130 e. The summed E-state index contributed by atoms with van der Waals surface area (Å²) in [7, 11) is 2.05. The van der Waals surface area contributed by atoms with Gasteiger partial charge in [0.25, 0.3) is 0 Å². The first-order valence-corrected chi connectivity index (χ1v) is 9.24. The fraction of sp³-hybridized carbons (Fsp3) is 0.421. The summed E-state index contributed by atoms with van der Waals surface area (Å²) in [5, 5.41) is 3.40. The maximum absolute atomic E-state index is 6.05. The van der Waals surface area contributed by atoms with Gasteiger partial charge in [-0.3, -0.25) is 9.88 Å². The zero-order valence-corrected chi connectivity index (χ0v) is 15.6. The predicted molar refractivity (Wildman–Crippen MR) is 100 cm³/mol. The molecule has 0 amide bonds. The van der Waals surface area contributed by atoms with E-state index >= 15 is 0 Å². The molecule has 24 heavy (non-hydrogen) atoms. The summed E-state index contributed by atoms with van der Waals surface area (Å²) in [6.45, 7) is 3.64. The molecule has 128 valence electrons. The molecule has 1 aromatic heterocycles. The van der Waals surface area contributed by atoms with E-state index in [-0.39, 0.29) is 0 Å². The van der Waals surface area contributed by atoms with Crippen LogP contribution in [0.2, 0.25) is 0 Å². The van der Waals surface area contributed by atoms with Gasteiger partial charge in [0.15, 0.2) is 0 Å².